The maximum absolute atomic E-state index is 13.0. The van der Waals surface area contributed by atoms with Gasteiger partial charge >= 0.3 is 12.1 Å². The van der Waals surface area contributed by atoms with E-state index in [1.165, 1.54) is 6.42 Å². The van der Waals surface area contributed by atoms with Gasteiger partial charge in [0.2, 0.25) is 5.82 Å². The zero-order valence-electron chi connectivity index (χ0n) is 13.8. The number of piperidine rings is 1. The van der Waals surface area contributed by atoms with Crippen molar-refractivity contribution >= 4 is 7.29 Å². The lowest BCUT2D eigenvalue weighted by Gasteiger charge is -2.32. The lowest BCUT2D eigenvalue weighted by Crippen LogP contribution is -2.27. The van der Waals surface area contributed by atoms with Crippen LogP contribution in [-0.2, 0) is 16.9 Å². The molecule has 1 unspecified atom stereocenters. The maximum Gasteiger partial charge on any atom is 0.471 e. The molecular formula is C16H19F3N3O2P. The van der Waals surface area contributed by atoms with Crippen LogP contribution >= 0.6 is 7.29 Å². The second-order valence-corrected chi connectivity index (χ2v) is 9.33. The lowest BCUT2D eigenvalue weighted by atomic mass is 10.1. The molecule has 136 valence electrons. The van der Waals surface area contributed by atoms with Gasteiger partial charge in [0.25, 0.3) is 0 Å². The molecule has 9 heteroatoms. The molecule has 1 atom stereocenters. The summed E-state index contributed by atoms with van der Waals surface area (Å²) in [6.45, 7) is 3.50. The standard InChI is InChI=1S/C16H19F3N3O2P/c1-25(23,22-9-3-2-4-10-22)11-12-5-7-13(8-6-12)14-20-15(24-21-14)16(17,18)19/h5-8H,2-4,9-11H2,1H3. The van der Waals surface area contributed by atoms with E-state index < -0.39 is 19.4 Å². The maximum atomic E-state index is 13.0. The molecule has 1 aliphatic heterocycles. The van der Waals surface area contributed by atoms with Crippen molar-refractivity contribution in [2.75, 3.05) is 19.8 Å². The van der Waals surface area contributed by atoms with Gasteiger partial charge in [0.05, 0.1) is 0 Å². The van der Waals surface area contributed by atoms with Crippen molar-refractivity contribution in [1.29, 1.82) is 0 Å². The second kappa shape index (κ2) is 6.92. The Bertz CT molecular complexity index is 768. The highest BCUT2D eigenvalue weighted by Gasteiger charge is 2.38. The minimum atomic E-state index is -4.66. The Morgan fingerprint density at radius 1 is 1.16 bits per heavy atom. The van der Waals surface area contributed by atoms with Crippen LogP contribution in [0, 0.1) is 0 Å². The number of hydrogen-bond acceptors (Lipinski definition) is 4. The van der Waals surface area contributed by atoms with Gasteiger partial charge in [-0.05, 0) is 18.4 Å². The highest BCUT2D eigenvalue weighted by molar-refractivity contribution is 7.59. The minimum Gasteiger partial charge on any atom is -0.329 e. The van der Waals surface area contributed by atoms with Gasteiger partial charge in [-0.1, -0.05) is 35.8 Å². The van der Waals surface area contributed by atoms with Gasteiger partial charge < -0.3 is 9.09 Å². The molecule has 1 saturated heterocycles. The largest absolute Gasteiger partial charge is 0.471 e. The third-order valence-electron chi connectivity index (χ3n) is 4.29. The molecule has 3 rings (SSSR count). The Morgan fingerprint density at radius 2 is 1.80 bits per heavy atom. The fraction of sp³-hybridized carbons (Fsp3) is 0.500. The Balaban J connectivity index is 1.72. The SMILES string of the molecule is CP(=O)(Cc1ccc(-c2noc(C(F)(F)F)n2)cc1)N1CCCCC1. The average molecular weight is 373 g/mol. The van der Waals surface area contributed by atoms with Crippen molar-refractivity contribution in [3.8, 4) is 11.4 Å². The van der Waals surface area contributed by atoms with Crippen LogP contribution in [-0.4, -0.2) is 34.6 Å². The van der Waals surface area contributed by atoms with Gasteiger partial charge in [-0.2, -0.15) is 18.2 Å². The Hall–Kier alpha value is -1.66. The number of alkyl halides is 3. The third kappa shape index (κ3) is 4.30. The number of benzene rings is 1. The lowest BCUT2D eigenvalue weighted by molar-refractivity contribution is -0.159. The molecule has 2 heterocycles. The van der Waals surface area contributed by atoms with Crippen molar-refractivity contribution in [2.24, 2.45) is 0 Å². The smallest absolute Gasteiger partial charge is 0.329 e. The highest BCUT2D eigenvalue weighted by atomic mass is 31.2. The van der Waals surface area contributed by atoms with Crippen LogP contribution < -0.4 is 0 Å². The van der Waals surface area contributed by atoms with E-state index in [-0.39, 0.29) is 5.82 Å². The monoisotopic (exact) mass is 373 g/mol. The number of rotatable bonds is 4. The minimum absolute atomic E-state index is 0.116. The molecule has 0 bridgehead atoms. The van der Waals surface area contributed by atoms with Crippen LogP contribution in [0.3, 0.4) is 0 Å². The fourth-order valence-electron chi connectivity index (χ4n) is 2.95. The summed E-state index contributed by atoms with van der Waals surface area (Å²) >= 11 is 0. The molecule has 0 amide bonds. The third-order valence-corrected chi connectivity index (χ3v) is 6.84. The van der Waals surface area contributed by atoms with E-state index in [4.69, 9.17) is 0 Å². The Labute approximate surface area is 143 Å². The molecule has 1 fully saturated rings. The van der Waals surface area contributed by atoms with Gasteiger partial charge in [0, 0.05) is 31.5 Å². The molecule has 5 nitrogen and oxygen atoms in total. The molecule has 0 N–H and O–H groups in total. The highest BCUT2D eigenvalue weighted by Crippen LogP contribution is 2.50. The summed E-state index contributed by atoms with van der Waals surface area (Å²) < 4.78 is 56.8. The van der Waals surface area contributed by atoms with E-state index in [1.807, 2.05) is 0 Å². The summed E-state index contributed by atoms with van der Waals surface area (Å²) in [5.41, 5.74) is 1.30. The zero-order valence-corrected chi connectivity index (χ0v) is 14.7. The van der Waals surface area contributed by atoms with Crippen LogP contribution in [0.2, 0.25) is 0 Å². The molecule has 0 aliphatic carbocycles. The molecular weight excluding hydrogens is 354 g/mol. The first-order valence-electron chi connectivity index (χ1n) is 8.08. The second-order valence-electron chi connectivity index (χ2n) is 6.34. The molecule has 1 aromatic heterocycles. The van der Waals surface area contributed by atoms with Crippen molar-refractivity contribution in [2.45, 2.75) is 31.6 Å². The van der Waals surface area contributed by atoms with E-state index >= 15 is 0 Å². The van der Waals surface area contributed by atoms with Crippen LogP contribution in [0.15, 0.2) is 28.8 Å². The molecule has 1 aliphatic rings. The Kier molecular flexibility index (Phi) is 5.02. The predicted molar refractivity (Wildman–Crippen MR) is 87.4 cm³/mol. The number of halogens is 3. The van der Waals surface area contributed by atoms with E-state index in [0.29, 0.717) is 11.7 Å². The van der Waals surface area contributed by atoms with Crippen molar-refractivity contribution in [3.05, 3.63) is 35.7 Å². The summed E-state index contributed by atoms with van der Waals surface area (Å²) in [5.74, 6) is -1.48. The summed E-state index contributed by atoms with van der Waals surface area (Å²) in [7, 11) is -2.46. The fourth-order valence-corrected chi connectivity index (χ4v) is 5.17. The van der Waals surface area contributed by atoms with Crippen LogP contribution in [0.5, 0.6) is 0 Å². The summed E-state index contributed by atoms with van der Waals surface area (Å²) in [6, 6.07) is 6.74. The summed E-state index contributed by atoms with van der Waals surface area (Å²) in [5, 5.41) is 3.36. The van der Waals surface area contributed by atoms with E-state index in [0.717, 1.165) is 31.5 Å². The van der Waals surface area contributed by atoms with Gasteiger partial charge in [-0.25, -0.2) is 0 Å². The quantitative estimate of drug-likeness (QED) is 0.730. The zero-order chi connectivity index (χ0) is 18.1. The topological polar surface area (TPSA) is 59.2 Å². The van der Waals surface area contributed by atoms with Gasteiger partial charge in [0.15, 0.2) is 7.29 Å². The van der Waals surface area contributed by atoms with Gasteiger partial charge in [-0.3, -0.25) is 4.67 Å². The number of nitrogens with zero attached hydrogens (tertiary/aromatic N) is 3. The molecule has 0 spiro atoms. The Morgan fingerprint density at radius 3 is 2.36 bits per heavy atom. The summed E-state index contributed by atoms with van der Waals surface area (Å²) in [4.78, 5) is 3.36. The summed E-state index contributed by atoms with van der Waals surface area (Å²) in [6.07, 6.45) is -0.913. The van der Waals surface area contributed by atoms with E-state index in [1.54, 1.807) is 30.9 Å². The first-order chi connectivity index (χ1) is 11.8. The van der Waals surface area contributed by atoms with Crippen LogP contribution in [0.1, 0.15) is 30.7 Å². The normalized spacial score (nSPS) is 18.9. The first-order valence-corrected chi connectivity index (χ1v) is 10.4. The van der Waals surface area contributed by atoms with Crippen molar-refractivity contribution < 1.29 is 22.3 Å². The number of aromatic nitrogens is 2. The molecule has 1 aromatic carbocycles. The van der Waals surface area contributed by atoms with E-state index in [9.17, 15) is 17.7 Å². The number of hydrogen-bond donors (Lipinski definition) is 0. The van der Waals surface area contributed by atoms with Gasteiger partial charge in [0.1, 0.15) is 0 Å². The predicted octanol–water partition coefficient (Wildman–Crippen LogP) is 4.65. The van der Waals surface area contributed by atoms with Crippen molar-refractivity contribution in [3.63, 3.8) is 0 Å². The van der Waals surface area contributed by atoms with Crippen LogP contribution in [0.4, 0.5) is 13.2 Å². The average Bonchev–Trinajstić information content (AvgIpc) is 3.06. The van der Waals surface area contributed by atoms with Crippen LogP contribution in [0.25, 0.3) is 11.4 Å². The molecule has 0 radical (unpaired) electrons. The molecule has 0 saturated carbocycles. The van der Waals surface area contributed by atoms with Gasteiger partial charge in [-0.15, -0.1) is 0 Å². The van der Waals surface area contributed by atoms with Crippen molar-refractivity contribution in [1.82, 2.24) is 14.8 Å². The first kappa shape index (κ1) is 18.1. The molecule has 25 heavy (non-hydrogen) atoms. The van der Waals surface area contributed by atoms with E-state index in [2.05, 4.69) is 19.3 Å². The molecule has 2 aromatic rings.